The van der Waals surface area contributed by atoms with Gasteiger partial charge in [-0.1, -0.05) is 0 Å². The second-order valence-corrected chi connectivity index (χ2v) is 6.40. The number of aromatic nitrogens is 2. The van der Waals surface area contributed by atoms with Crippen molar-refractivity contribution in [2.24, 2.45) is 11.8 Å². The summed E-state index contributed by atoms with van der Waals surface area (Å²) < 4.78 is 0. The minimum atomic E-state index is -0.0416. The summed E-state index contributed by atoms with van der Waals surface area (Å²) in [5, 5.41) is 3.04. The molecule has 2 N–H and O–H groups in total. The fourth-order valence-electron chi connectivity index (χ4n) is 2.95. The Morgan fingerprint density at radius 3 is 2.95 bits per heavy atom. The lowest BCUT2D eigenvalue weighted by molar-refractivity contribution is -0.135. The molecule has 2 aliphatic rings. The summed E-state index contributed by atoms with van der Waals surface area (Å²) in [6.07, 6.45) is 8.81. The average molecular weight is 304 g/mol. The van der Waals surface area contributed by atoms with Gasteiger partial charge in [0.15, 0.2) is 0 Å². The minimum Gasteiger partial charge on any atom is -0.356 e. The zero-order valence-electron chi connectivity index (χ0n) is 12.9. The topological polar surface area (TPSA) is 78.1 Å². The molecule has 1 aliphatic heterocycles. The van der Waals surface area contributed by atoms with E-state index in [1.165, 1.54) is 12.8 Å². The van der Waals surface area contributed by atoms with Gasteiger partial charge in [-0.2, -0.15) is 0 Å². The molecule has 6 nitrogen and oxygen atoms in total. The molecule has 2 heterocycles. The number of imidazole rings is 1. The maximum absolute atomic E-state index is 12.3. The molecule has 120 valence electrons. The molecule has 22 heavy (non-hydrogen) atoms. The number of aromatic amines is 1. The molecular weight excluding hydrogens is 280 g/mol. The lowest BCUT2D eigenvalue weighted by Gasteiger charge is -2.32. The predicted octanol–water partition coefficient (Wildman–Crippen LogP) is 1.11. The third-order valence-electron chi connectivity index (χ3n) is 4.54. The van der Waals surface area contributed by atoms with E-state index in [-0.39, 0.29) is 17.7 Å². The third-order valence-corrected chi connectivity index (χ3v) is 4.54. The third kappa shape index (κ3) is 4.08. The summed E-state index contributed by atoms with van der Waals surface area (Å²) in [5.41, 5.74) is 0. The number of H-pyrrole nitrogens is 1. The molecule has 0 bridgehead atoms. The van der Waals surface area contributed by atoms with E-state index in [1.807, 2.05) is 4.90 Å². The van der Waals surface area contributed by atoms with Gasteiger partial charge in [0.05, 0.1) is 5.92 Å². The summed E-state index contributed by atoms with van der Waals surface area (Å²) in [6, 6.07) is 0. The summed E-state index contributed by atoms with van der Waals surface area (Å²) >= 11 is 0. The van der Waals surface area contributed by atoms with E-state index in [2.05, 4.69) is 15.3 Å². The number of hydrogen-bond acceptors (Lipinski definition) is 3. The van der Waals surface area contributed by atoms with Gasteiger partial charge in [-0.3, -0.25) is 9.59 Å². The predicted molar refractivity (Wildman–Crippen MR) is 81.9 cm³/mol. The Morgan fingerprint density at radius 1 is 1.36 bits per heavy atom. The number of hydrogen-bond donors (Lipinski definition) is 2. The van der Waals surface area contributed by atoms with Crippen molar-refractivity contribution < 1.29 is 9.59 Å². The minimum absolute atomic E-state index is 0.0416. The normalized spacial score (nSPS) is 21.6. The Balaban J connectivity index is 1.44. The lowest BCUT2D eigenvalue weighted by Crippen LogP contribution is -2.45. The number of nitrogens with zero attached hydrogens (tertiary/aromatic N) is 2. The van der Waals surface area contributed by atoms with Crippen molar-refractivity contribution in [1.29, 1.82) is 0 Å². The molecule has 1 aromatic rings. The van der Waals surface area contributed by atoms with E-state index in [0.717, 1.165) is 31.8 Å². The molecular formula is C16H24N4O2. The van der Waals surface area contributed by atoms with Crippen LogP contribution in [0.4, 0.5) is 0 Å². The van der Waals surface area contributed by atoms with E-state index in [1.54, 1.807) is 12.4 Å². The molecule has 0 radical (unpaired) electrons. The highest BCUT2D eigenvalue weighted by atomic mass is 16.2. The van der Waals surface area contributed by atoms with Crippen molar-refractivity contribution in [3.05, 3.63) is 18.2 Å². The number of carbonyl (C=O) groups excluding carboxylic acids is 2. The Hall–Kier alpha value is -1.85. The van der Waals surface area contributed by atoms with Crippen LogP contribution in [0.3, 0.4) is 0 Å². The van der Waals surface area contributed by atoms with Crippen molar-refractivity contribution in [2.75, 3.05) is 19.6 Å². The van der Waals surface area contributed by atoms with Crippen LogP contribution in [0.15, 0.2) is 12.4 Å². The van der Waals surface area contributed by atoms with Crippen LogP contribution >= 0.6 is 0 Å². The van der Waals surface area contributed by atoms with Gasteiger partial charge >= 0.3 is 0 Å². The van der Waals surface area contributed by atoms with Gasteiger partial charge in [0, 0.05) is 44.9 Å². The molecule has 0 aromatic carbocycles. The Kier molecular flexibility index (Phi) is 4.75. The molecule has 2 amide bonds. The van der Waals surface area contributed by atoms with Gasteiger partial charge < -0.3 is 15.2 Å². The van der Waals surface area contributed by atoms with Crippen LogP contribution in [0.1, 0.15) is 37.9 Å². The Bertz CT molecular complexity index is 510. The maximum atomic E-state index is 12.3. The lowest BCUT2D eigenvalue weighted by atomic mass is 9.96. The van der Waals surface area contributed by atoms with Gasteiger partial charge in [0.2, 0.25) is 11.8 Å². The van der Waals surface area contributed by atoms with Gasteiger partial charge in [0.25, 0.3) is 0 Å². The molecule has 1 aliphatic carbocycles. The fraction of sp³-hybridized carbons (Fsp3) is 0.688. The number of aryl methyl sites for hydroxylation is 1. The molecule has 1 saturated heterocycles. The van der Waals surface area contributed by atoms with Gasteiger partial charge in [-0.25, -0.2) is 4.98 Å². The highest BCUT2D eigenvalue weighted by Gasteiger charge is 2.29. The monoisotopic (exact) mass is 304 g/mol. The molecule has 1 unspecified atom stereocenters. The van der Waals surface area contributed by atoms with Gasteiger partial charge in [-0.05, 0) is 31.6 Å². The van der Waals surface area contributed by atoms with Crippen molar-refractivity contribution in [3.63, 3.8) is 0 Å². The van der Waals surface area contributed by atoms with E-state index in [0.29, 0.717) is 25.3 Å². The number of amides is 2. The van der Waals surface area contributed by atoms with E-state index in [9.17, 15) is 9.59 Å². The zero-order valence-corrected chi connectivity index (χ0v) is 12.9. The van der Waals surface area contributed by atoms with Gasteiger partial charge in [-0.15, -0.1) is 0 Å². The molecule has 3 rings (SSSR count). The molecule has 6 heteroatoms. The van der Waals surface area contributed by atoms with E-state index < -0.39 is 0 Å². The standard InChI is InChI=1S/C16H24N4O2/c21-15(6-5-14-17-7-8-18-14)20-9-1-2-13(11-20)16(22)19-10-12-3-4-12/h7-8,12-13H,1-6,9-11H2,(H,17,18)(H,19,22). The quantitative estimate of drug-likeness (QED) is 0.826. The van der Waals surface area contributed by atoms with Crippen LogP contribution in [0.25, 0.3) is 0 Å². The summed E-state index contributed by atoms with van der Waals surface area (Å²) in [7, 11) is 0. The summed E-state index contributed by atoms with van der Waals surface area (Å²) in [5.74, 6) is 1.73. The summed E-state index contributed by atoms with van der Waals surface area (Å²) in [6.45, 7) is 2.14. The number of carbonyl (C=O) groups is 2. The van der Waals surface area contributed by atoms with Crippen LogP contribution < -0.4 is 5.32 Å². The van der Waals surface area contributed by atoms with Crippen molar-refractivity contribution >= 4 is 11.8 Å². The first-order valence-corrected chi connectivity index (χ1v) is 8.26. The maximum Gasteiger partial charge on any atom is 0.224 e. The van der Waals surface area contributed by atoms with E-state index >= 15 is 0 Å². The van der Waals surface area contributed by atoms with Crippen molar-refractivity contribution in [1.82, 2.24) is 20.2 Å². The van der Waals surface area contributed by atoms with Gasteiger partial charge in [0.1, 0.15) is 5.82 Å². The summed E-state index contributed by atoms with van der Waals surface area (Å²) in [4.78, 5) is 33.5. The average Bonchev–Trinajstić information content (AvgIpc) is 3.24. The first-order valence-electron chi connectivity index (χ1n) is 8.26. The highest BCUT2D eigenvalue weighted by molar-refractivity contribution is 5.81. The first kappa shape index (κ1) is 15.1. The SMILES string of the molecule is O=C(NCC1CC1)C1CCCN(C(=O)CCc2ncc[nH]2)C1. The van der Waals surface area contributed by atoms with E-state index in [4.69, 9.17) is 0 Å². The van der Waals surface area contributed by atoms with Crippen LogP contribution in [0.5, 0.6) is 0 Å². The first-order chi connectivity index (χ1) is 10.7. The molecule has 1 aromatic heterocycles. The number of nitrogens with one attached hydrogen (secondary N) is 2. The number of piperidine rings is 1. The Labute approximate surface area is 130 Å². The van der Waals surface area contributed by atoms with Crippen LogP contribution in [0.2, 0.25) is 0 Å². The molecule has 1 saturated carbocycles. The number of likely N-dealkylation sites (tertiary alicyclic amines) is 1. The molecule has 2 fully saturated rings. The Morgan fingerprint density at radius 2 is 2.23 bits per heavy atom. The van der Waals surface area contributed by atoms with Crippen molar-refractivity contribution in [3.8, 4) is 0 Å². The fourth-order valence-corrected chi connectivity index (χ4v) is 2.95. The largest absolute Gasteiger partial charge is 0.356 e. The zero-order chi connectivity index (χ0) is 15.4. The molecule has 1 atom stereocenters. The second kappa shape index (κ2) is 6.94. The van der Waals surface area contributed by atoms with Crippen molar-refractivity contribution in [2.45, 2.75) is 38.5 Å². The van der Waals surface area contributed by atoms with Crippen LogP contribution in [0, 0.1) is 11.8 Å². The second-order valence-electron chi connectivity index (χ2n) is 6.40. The van der Waals surface area contributed by atoms with Crippen LogP contribution in [-0.2, 0) is 16.0 Å². The molecule has 0 spiro atoms. The highest BCUT2D eigenvalue weighted by Crippen LogP contribution is 2.28. The smallest absolute Gasteiger partial charge is 0.224 e. The van der Waals surface area contributed by atoms with Crippen LogP contribution in [-0.4, -0.2) is 46.3 Å². The number of rotatable bonds is 6.